The Labute approximate surface area is 218 Å². The van der Waals surface area contributed by atoms with E-state index in [2.05, 4.69) is 60.8 Å². The Kier molecular flexibility index (Phi) is 10.7. The van der Waals surface area contributed by atoms with Crippen LogP contribution in [0.2, 0.25) is 0 Å². The standard InChI is InChI=1S/C29H41N3O3S/c1-23-8-7-11-25(20-23)21-29(32(2)3)16-14-26(15-17-29)31-28(34)13-12-27(33)30-18-19-36(35)22-24-9-5-4-6-10-24/h4-11,20,26H,12-19,21-22H2,1-3H3,(H,30,33)(H,31,34). The monoisotopic (exact) mass is 511 g/mol. The fraction of sp³-hybridized carbons (Fsp3) is 0.517. The number of nitrogens with zero attached hydrogens (tertiary/aromatic N) is 1. The summed E-state index contributed by atoms with van der Waals surface area (Å²) in [5.74, 6) is 0.653. The third-order valence-electron chi connectivity index (χ3n) is 7.25. The quantitative estimate of drug-likeness (QED) is 0.455. The van der Waals surface area contributed by atoms with Crippen molar-refractivity contribution in [3.63, 3.8) is 0 Å². The molecule has 2 N–H and O–H groups in total. The molecular weight excluding hydrogens is 470 g/mol. The molecule has 1 saturated carbocycles. The van der Waals surface area contributed by atoms with Gasteiger partial charge in [-0.2, -0.15) is 0 Å². The van der Waals surface area contributed by atoms with E-state index in [4.69, 9.17) is 0 Å². The molecule has 6 nitrogen and oxygen atoms in total. The highest BCUT2D eigenvalue weighted by molar-refractivity contribution is 7.84. The fourth-order valence-corrected chi connectivity index (χ4v) is 6.07. The average molecular weight is 512 g/mol. The Morgan fingerprint density at radius 3 is 2.31 bits per heavy atom. The molecule has 1 unspecified atom stereocenters. The Hall–Kier alpha value is -2.51. The lowest BCUT2D eigenvalue weighted by Gasteiger charge is -2.45. The van der Waals surface area contributed by atoms with Gasteiger partial charge in [0.05, 0.1) is 0 Å². The van der Waals surface area contributed by atoms with Crippen LogP contribution in [0.1, 0.15) is 55.2 Å². The molecule has 2 aromatic rings. The Morgan fingerprint density at radius 1 is 0.972 bits per heavy atom. The van der Waals surface area contributed by atoms with Crippen LogP contribution < -0.4 is 10.6 Å². The van der Waals surface area contributed by atoms with Gasteiger partial charge in [0, 0.05) is 53.3 Å². The SMILES string of the molecule is Cc1cccc(CC2(N(C)C)CCC(NC(=O)CCC(=O)NCCS(=O)Cc3ccccc3)CC2)c1. The number of likely N-dealkylation sites (N-methyl/N-ethyl adjacent to an activating group) is 1. The van der Waals surface area contributed by atoms with Crippen LogP contribution in [-0.4, -0.2) is 58.9 Å². The van der Waals surface area contributed by atoms with E-state index in [1.165, 1.54) is 11.1 Å². The number of amides is 2. The molecule has 3 rings (SSSR count). The molecule has 36 heavy (non-hydrogen) atoms. The number of carbonyl (C=O) groups is 2. The van der Waals surface area contributed by atoms with Gasteiger partial charge in [0.25, 0.3) is 0 Å². The second kappa shape index (κ2) is 13.7. The molecular formula is C29H41N3O3S. The van der Waals surface area contributed by atoms with Crippen LogP contribution in [0.15, 0.2) is 54.6 Å². The van der Waals surface area contributed by atoms with Crippen LogP contribution in [0.25, 0.3) is 0 Å². The first-order valence-corrected chi connectivity index (χ1v) is 14.4. The fourth-order valence-electron chi connectivity index (χ4n) is 5.04. The van der Waals surface area contributed by atoms with Crippen LogP contribution in [0.5, 0.6) is 0 Å². The highest BCUT2D eigenvalue weighted by atomic mass is 32.2. The number of nitrogens with one attached hydrogen (secondary N) is 2. The van der Waals surface area contributed by atoms with E-state index in [-0.39, 0.29) is 36.2 Å². The normalized spacial score (nSPS) is 20.6. The molecule has 1 aliphatic carbocycles. The maximum absolute atomic E-state index is 12.5. The van der Waals surface area contributed by atoms with Crippen molar-refractivity contribution in [2.24, 2.45) is 0 Å². The third-order valence-corrected chi connectivity index (χ3v) is 8.56. The molecule has 0 heterocycles. The molecule has 2 aromatic carbocycles. The van der Waals surface area contributed by atoms with E-state index < -0.39 is 10.8 Å². The molecule has 1 aliphatic rings. The van der Waals surface area contributed by atoms with Crippen molar-refractivity contribution in [2.75, 3.05) is 26.4 Å². The van der Waals surface area contributed by atoms with Crippen LogP contribution in [0.3, 0.4) is 0 Å². The van der Waals surface area contributed by atoms with Crippen molar-refractivity contribution in [1.82, 2.24) is 15.5 Å². The molecule has 0 bridgehead atoms. The predicted molar refractivity (Wildman–Crippen MR) is 147 cm³/mol. The van der Waals surface area contributed by atoms with Crippen molar-refractivity contribution in [2.45, 2.75) is 69.2 Å². The second-order valence-corrected chi connectivity index (χ2v) is 11.8. The maximum atomic E-state index is 12.5. The number of hydrogen-bond acceptors (Lipinski definition) is 4. The van der Waals surface area contributed by atoms with E-state index in [1.807, 2.05) is 30.3 Å². The zero-order valence-electron chi connectivity index (χ0n) is 21.9. The minimum atomic E-state index is -1.03. The minimum Gasteiger partial charge on any atom is -0.355 e. The van der Waals surface area contributed by atoms with Crippen molar-refractivity contribution in [3.8, 4) is 0 Å². The molecule has 0 spiro atoms. The third kappa shape index (κ3) is 8.86. The molecule has 1 atom stereocenters. The van der Waals surface area contributed by atoms with E-state index in [9.17, 15) is 13.8 Å². The summed E-state index contributed by atoms with van der Waals surface area (Å²) in [6, 6.07) is 18.6. The first-order valence-electron chi connectivity index (χ1n) is 12.9. The topological polar surface area (TPSA) is 78.5 Å². The number of aryl methyl sites for hydroxylation is 1. The summed E-state index contributed by atoms with van der Waals surface area (Å²) < 4.78 is 12.2. The van der Waals surface area contributed by atoms with E-state index in [0.29, 0.717) is 18.1 Å². The number of benzene rings is 2. The molecule has 0 aromatic heterocycles. The summed E-state index contributed by atoms with van der Waals surface area (Å²) in [5.41, 5.74) is 3.78. The summed E-state index contributed by atoms with van der Waals surface area (Å²) in [6.45, 7) is 2.49. The van der Waals surface area contributed by atoms with Gasteiger partial charge in [0.15, 0.2) is 0 Å². The molecule has 196 valence electrons. The molecule has 2 amide bonds. The lowest BCUT2D eigenvalue weighted by Crippen LogP contribution is -2.52. The summed E-state index contributed by atoms with van der Waals surface area (Å²) in [7, 11) is 3.29. The van der Waals surface area contributed by atoms with Gasteiger partial charge in [-0.15, -0.1) is 0 Å². The van der Waals surface area contributed by atoms with Crippen LogP contribution in [0, 0.1) is 6.92 Å². The Bertz CT molecular complexity index is 1020. The summed E-state index contributed by atoms with van der Waals surface area (Å²) in [6.07, 6.45) is 5.28. The Morgan fingerprint density at radius 2 is 1.64 bits per heavy atom. The van der Waals surface area contributed by atoms with E-state index in [1.54, 1.807) is 0 Å². The zero-order valence-corrected chi connectivity index (χ0v) is 22.7. The Balaban J connectivity index is 1.34. The maximum Gasteiger partial charge on any atom is 0.220 e. The van der Waals surface area contributed by atoms with Crippen LogP contribution in [-0.2, 0) is 32.6 Å². The van der Waals surface area contributed by atoms with Crippen molar-refractivity contribution in [1.29, 1.82) is 0 Å². The molecule has 0 aliphatic heterocycles. The van der Waals surface area contributed by atoms with Gasteiger partial charge >= 0.3 is 0 Å². The molecule has 0 radical (unpaired) electrons. The van der Waals surface area contributed by atoms with Gasteiger partial charge in [-0.25, -0.2) is 0 Å². The predicted octanol–water partition coefficient (Wildman–Crippen LogP) is 3.74. The number of hydrogen-bond donors (Lipinski definition) is 2. The summed E-state index contributed by atoms with van der Waals surface area (Å²) >= 11 is 0. The lowest BCUT2D eigenvalue weighted by molar-refractivity contribution is -0.127. The van der Waals surface area contributed by atoms with Gasteiger partial charge < -0.3 is 15.5 Å². The van der Waals surface area contributed by atoms with Gasteiger partial charge in [-0.05, 0) is 64.3 Å². The van der Waals surface area contributed by atoms with Gasteiger partial charge in [0.1, 0.15) is 0 Å². The summed E-state index contributed by atoms with van der Waals surface area (Å²) in [4.78, 5) is 27.0. The van der Waals surface area contributed by atoms with Crippen LogP contribution in [0.4, 0.5) is 0 Å². The van der Waals surface area contributed by atoms with E-state index >= 15 is 0 Å². The highest BCUT2D eigenvalue weighted by Gasteiger charge is 2.37. The minimum absolute atomic E-state index is 0.0705. The zero-order chi connectivity index (χ0) is 26.0. The first-order chi connectivity index (χ1) is 17.3. The smallest absolute Gasteiger partial charge is 0.220 e. The van der Waals surface area contributed by atoms with Gasteiger partial charge in [-0.1, -0.05) is 60.2 Å². The van der Waals surface area contributed by atoms with Crippen LogP contribution >= 0.6 is 0 Å². The van der Waals surface area contributed by atoms with E-state index in [0.717, 1.165) is 37.7 Å². The number of rotatable bonds is 12. The number of carbonyl (C=O) groups excluding carboxylic acids is 2. The molecule has 7 heteroatoms. The highest BCUT2D eigenvalue weighted by Crippen LogP contribution is 2.35. The second-order valence-electron chi connectivity index (χ2n) is 10.3. The van der Waals surface area contributed by atoms with Crippen molar-refractivity contribution >= 4 is 22.6 Å². The van der Waals surface area contributed by atoms with Gasteiger partial charge in [0.2, 0.25) is 11.8 Å². The lowest BCUT2D eigenvalue weighted by atomic mass is 9.74. The molecule has 0 saturated heterocycles. The average Bonchev–Trinajstić information content (AvgIpc) is 2.84. The van der Waals surface area contributed by atoms with Crippen molar-refractivity contribution < 1.29 is 13.8 Å². The largest absolute Gasteiger partial charge is 0.355 e. The first kappa shape index (κ1) is 28.1. The van der Waals surface area contributed by atoms with Crippen molar-refractivity contribution in [3.05, 3.63) is 71.3 Å². The van der Waals surface area contributed by atoms with Gasteiger partial charge in [-0.3, -0.25) is 13.8 Å². The summed E-state index contributed by atoms with van der Waals surface area (Å²) in [5, 5.41) is 5.93. The molecule has 1 fully saturated rings.